The highest BCUT2D eigenvalue weighted by Crippen LogP contribution is 2.26. The van der Waals surface area contributed by atoms with E-state index in [-0.39, 0.29) is 6.61 Å². The summed E-state index contributed by atoms with van der Waals surface area (Å²) in [6, 6.07) is 6.92. The summed E-state index contributed by atoms with van der Waals surface area (Å²) in [7, 11) is 4.27. The number of hydrogen-bond donors (Lipinski definition) is 1. The number of rotatable bonds is 2. The summed E-state index contributed by atoms with van der Waals surface area (Å²) in [5.74, 6) is 0. The second-order valence-electron chi connectivity index (χ2n) is 4.57. The fourth-order valence-corrected chi connectivity index (χ4v) is 2.43. The van der Waals surface area contributed by atoms with E-state index in [1.54, 1.807) is 0 Å². The maximum atomic E-state index is 9.30. The molecule has 15 heavy (non-hydrogen) atoms. The van der Waals surface area contributed by atoms with Gasteiger partial charge in [0.2, 0.25) is 0 Å². The van der Waals surface area contributed by atoms with Crippen LogP contribution in [0.2, 0.25) is 0 Å². The van der Waals surface area contributed by atoms with Crippen molar-refractivity contribution >= 4 is 0 Å². The molecule has 1 unspecified atom stereocenters. The smallest absolute Gasteiger partial charge is 0.0684 e. The Morgan fingerprint density at radius 3 is 2.87 bits per heavy atom. The predicted octanol–water partition coefficient (Wildman–Crippen LogP) is 1.60. The molecular formula is C13H19NO. The Morgan fingerprint density at radius 1 is 1.40 bits per heavy atom. The molecule has 2 nitrogen and oxygen atoms in total. The molecule has 1 aliphatic carbocycles. The zero-order valence-corrected chi connectivity index (χ0v) is 9.53. The molecule has 1 aromatic carbocycles. The van der Waals surface area contributed by atoms with Gasteiger partial charge in [-0.2, -0.15) is 0 Å². The van der Waals surface area contributed by atoms with E-state index in [0.717, 1.165) is 18.4 Å². The van der Waals surface area contributed by atoms with Crippen LogP contribution in [0.4, 0.5) is 0 Å². The predicted molar refractivity (Wildman–Crippen MR) is 61.9 cm³/mol. The van der Waals surface area contributed by atoms with Crippen molar-refractivity contribution in [2.45, 2.75) is 31.9 Å². The third kappa shape index (κ3) is 2.06. The van der Waals surface area contributed by atoms with Gasteiger partial charge in [-0.3, -0.25) is 0 Å². The normalized spacial score (nSPS) is 20.4. The number of aliphatic hydroxyl groups excluding tert-OH is 1. The number of fused-ring (bicyclic) bond motifs is 1. The highest BCUT2D eigenvalue weighted by Gasteiger charge is 2.21. The van der Waals surface area contributed by atoms with E-state index in [4.69, 9.17) is 0 Å². The Hall–Kier alpha value is -0.860. The van der Waals surface area contributed by atoms with Gasteiger partial charge in [0.25, 0.3) is 0 Å². The standard InChI is InChI=1S/C13H19NO/c1-14(2)12-7-6-10-4-3-5-11(9-15)13(10)8-12/h3-5,12,15H,6-9H2,1-2H3. The van der Waals surface area contributed by atoms with Gasteiger partial charge in [-0.1, -0.05) is 18.2 Å². The first-order valence-electron chi connectivity index (χ1n) is 5.59. The third-order valence-corrected chi connectivity index (χ3v) is 3.46. The molecular weight excluding hydrogens is 186 g/mol. The molecule has 0 bridgehead atoms. The Balaban J connectivity index is 2.30. The van der Waals surface area contributed by atoms with Crippen LogP contribution in [0.25, 0.3) is 0 Å². The summed E-state index contributed by atoms with van der Waals surface area (Å²) in [6.45, 7) is 0.170. The lowest BCUT2D eigenvalue weighted by atomic mass is 9.85. The second kappa shape index (κ2) is 4.33. The molecule has 0 spiro atoms. The summed E-state index contributed by atoms with van der Waals surface area (Å²) < 4.78 is 0. The van der Waals surface area contributed by atoms with Crippen molar-refractivity contribution in [1.82, 2.24) is 4.90 Å². The van der Waals surface area contributed by atoms with Crippen LogP contribution in [0.3, 0.4) is 0 Å². The van der Waals surface area contributed by atoms with Crippen LogP contribution < -0.4 is 0 Å². The molecule has 1 aliphatic rings. The van der Waals surface area contributed by atoms with Gasteiger partial charge in [-0.25, -0.2) is 0 Å². The summed E-state index contributed by atoms with van der Waals surface area (Å²) in [6.07, 6.45) is 3.46. The highest BCUT2D eigenvalue weighted by atomic mass is 16.3. The Morgan fingerprint density at radius 2 is 2.20 bits per heavy atom. The first kappa shape index (κ1) is 10.7. The Bertz CT molecular complexity index is 332. The van der Waals surface area contributed by atoms with Gasteiger partial charge < -0.3 is 10.0 Å². The molecule has 1 N–H and O–H groups in total. The van der Waals surface area contributed by atoms with Crippen LogP contribution in [0, 0.1) is 0 Å². The summed E-state index contributed by atoms with van der Waals surface area (Å²) in [5.41, 5.74) is 3.92. The van der Waals surface area contributed by atoms with Crippen molar-refractivity contribution < 1.29 is 5.11 Å². The van der Waals surface area contributed by atoms with E-state index in [0.29, 0.717) is 6.04 Å². The van der Waals surface area contributed by atoms with Crippen molar-refractivity contribution in [3.8, 4) is 0 Å². The fourth-order valence-electron chi connectivity index (χ4n) is 2.43. The summed E-state index contributed by atoms with van der Waals surface area (Å²) in [4.78, 5) is 2.29. The maximum absolute atomic E-state index is 9.30. The van der Waals surface area contributed by atoms with E-state index in [1.807, 2.05) is 6.07 Å². The molecule has 0 heterocycles. The van der Waals surface area contributed by atoms with Gasteiger partial charge >= 0.3 is 0 Å². The van der Waals surface area contributed by atoms with Crippen molar-refractivity contribution in [2.75, 3.05) is 14.1 Å². The number of likely N-dealkylation sites (N-methyl/N-ethyl adjacent to an activating group) is 1. The van der Waals surface area contributed by atoms with Gasteiger partial charge in [-0.15, -0.1) is 0 Å². The lowest BCUT2D eigenvalue weighted by Crippen LogP contribution is -2.34. The van der Waals surface area contributed by atoms with E-state index < -0.39 is 0 Å². The molecule has 0 radical (unpaired) electrons. The molecule has 0 amide bonds. The zero-order valence-electron chi connectivity index (χ0n) is 9.53. The first-order valence-corrected chi connectivity index (χ1v) is 5.59. The van der Waals surface area contributed by atoms with Crippen molar-refractivity contribution in [3.63, 3.8) is 0 Å². The number of aliphatic hydroxyl groups is 1. The van der Waals surface area contributed by atoms with Crippen LogP contribution in [0.5, 0.6) is 0 Å². The van der Waals surface area contributed by atoms with Crippen molar-refractivity contribution in [1.29, 1.82) is 0 Å². The molecule has 2 heteroatoms. The topological polar surface area (TPSA) is 23.5 Å². The first-order chi connectivity index (χ1) is 7.22. The van der Waals surface area contributed by atoms with Crippen LogP contribution in [-0.2, 0) is 19.4 Å². The molecule has 0 saturated carbocycles. The van der Waals surface area contributed by atoms with E-state index in [2.05, 4.69) is 31.1 Å². The van der Waals surface area contributed by atoms with E-state index >= 15 is 0 Å². The molecule has 82 valence electrons. The van der Waals surface area contributed by atoms with Gasteiger partial charge in [0, 0.05) is 6.04 Å². The van der Waals surface area contributed by atoms with Crippen LogP contribution in [0.1, 0.15) is 23.1 Å². The van der Waals surface area contributed by atoms with Gasteiger partial charge in [0.15, 0.2) is 0 Å². The monoisotopic (exact) mass is 205 g/mol. The van der Waals surface area contributed by atoms with Crippen molar-refractivity contribution in [2.24, 2.45) is 0 Å². The Kier molecular flexibility index (Phi) is 3.08. The summed E-state index contributed by atoms with van der Waals surface area (Å²) in [5, 5.41) is 9.30. The third-order valence-electron chi connectivity index (χ3n) is 3.46. The number of benzene rings is 1. The van der Waals surface area contributed by atoms with Crippen LogP contribution in [0.15, 0.2) is 18.2 Å². The quantitative estimate of drug-likeness (QED) is 0.792. The van der Waals surface area contributed by atoms with Crippen LogP contribution in [-0.4, -0.2) is 30.1 Å². The van der Waals surface area contributed by atoms with Crippen LogP contribution >= 0.6 is 0 Å². The number of nitrogens with zero attached hydrogens (tertiary/aromatic N) is 1. The number of hydrogen-bond acceptors (Lipinski definition) is 2. The second-order valence-corrected chi connectivity index (χ2v) is 4.57. The van der Waals surface area contributed by atoms with E-state index in [1.165, 1.54) is 17.5 Å². The average Bonchev–Trinajstić information content (AvgIpc) is 2.27. The highest BCUT2D eigenvalue weighted by molar-refractivity contribution is 5.37. The van der Waals surface area contributed by atoms with Crippen molar-refractivity contribution in [3.05, 3.63) is 34.9 Å². The molecule has 1 aromatic rings. The largest absolute Gasteiger partial charge is 0.392 e. The molecule has 0 aromatic heterocycles. The fraction of sp³-hybridized carbons (Fsp3) is 0.538. The maximum Gasteiger partial charge on any atom is 0.0684 e. The minimum absolute atomic E-state index is 0.170. The number of aryl methyl sites for hydroxylation is 1. The summed E-state index contributed by atoms with van der Waals surface area (Å²) >= 11 is 0. The molecule has 0 aliphatic heterocycles. The van der Waals surface area contributed by atoms with Gasteiger partial charge in [-0.05, 0) is 50.0 Å². The minimum atomic E-state index is 0.170. The minimum Gasteiger partial charge on any atom is -0.392 e. The van der Waals surface area contributed by atoms with Gasteiger partial charge in [0.05, 0.1) is 6.61 Å². The average molecular weight is 205 g/mol. The molecule has 0 fully saturated rings. The lowest BCUT2D eigenvalue weighted by molar-refractivity contribution is 0.258. The zero-order chi connectivity index (χ0) is 10.8. The van der Waals surface area contributed by atoms with Gasteiger partial charge in [0.1, 0.15) is 0 Å². The molecule has 0 saturated heterocycles. The van der Waals surface area contributed by atoms with E-state index in [9.17, 15) is 5.11 Å². The SMILES string of the molecule is CN(C)C1CCc2cccc(CO)c2C1. The lowest BCUT2D eigenvalue weighted by Gasteiger charge is -2.31. The Labute approximate surface area is 91.5 Å². The molecule has 2 rings (SSSR count). The molecule has 1 atom stereocenters.